The molecule has 0 radical (unpaired) electrons. The summed E-state index contributed by atoms with van der Waals surface area (Å²) in [5, 5.41) is 6.50. The molecule has 0 aliphatic carbocycles. The van der Waals surface area contributed by atoms with Crippen molar-refractivity contribution in [2.24, 2.45) is 0 Å². The van der Waals surface area contributed by atoms with Crippen molar-refractivity contribution in [2.45, 2.75) is 20.0 Å². The Hall–Kier alpha value is -1.63. The molecule has 2 rings (SSSR count). The van der Waals surface area contributed by atoms with Gasteiger partial charge in [0, 0.05) is 24.3 Å². The molecule has 2 aromatic rings. The second-order valence-corrected chi connectivity index (χ2v) is 4.84. The molecule has 0 unspecified atom stereocenters. The molecule has 0 spiro atoms. The summed E-state index contributed by atoms with van der Waals surface area (Å²) in [5.74, 6) is 0.624. The molecule has 0 saturated carbocycles. The fourth-order valence-corrected chi connectivity index (χ4v) is 2.18. The smallest absolute Gasteiger partial charge is 0.270 e. The van der Waals surface area contributed by atoms with Crippen molar-refractivity contribution < 1.29 is 4.79 Å². The second-order valence-electron chi connectivity index (χ2n) is 3.92. The van der Waals surface area contributed by atoms with E-state index in [0.29, 0.717) is 18.1 Å². The van der Waals surface area contributed by atoms with E-state index in [9.17, 15) is 4.79 Å². The molecule has 96 valence electrons. The number of halogens is 1. The van der Waals surface area contributed by atoms with Crippen molar-refractivity contribution in [3.8, 4) is 0 Å². The summed E-state index contributed by atoms with van der Waals surface area (Å²) >= 11 is 3.38. The lowest BCUT2D eigenvalue weighted by molar-refractivity contribution is 0.0771. The van der Waals surface area contributed by atoms with E-state index in [1.165, 1.54) is 6.33 Å². The first-order valence-electron chi connectivity index (χ1n) is 5.57. The number of aryl methyl sites for hydroxylation is 1. The molecule has 6 nitrogen and oxygen atoms in total. The first kappa shape index (κ1) is 12.8. The number of hydrogen-bond donors (Lipinski definition) is 1. The summed E-state index contributed by atoms with van der Waals surface area (Å²) in [4.78, 5) is 17.9. The van der Waals surface area contributed by atoms with Crippen LogP contribution in [0.1, 0.15) is 23.2 Å². The van der Waals surface area contributed by atoms with Gasteiger partial charge in [-0.3, -0.25) is 9.89 Å². The molecule has 0 atom stereocenters. The van der Waals surface area contributed by atoms with E-state index >= 15 is 0 Å². The van der Waals surface area contributed by atoms with Crippen LogP contribution in [-0.2, 0) is 13.1 Å². The lowest BCUT2D eigenvalue weighted by Gasteiger charge is -2.16. The molecule has 0 fully saturated rings. The number of aromatic nitrogens is 4. The van der Waals surface area contributed by atoms with E-state index in [4.69, 9.17) is 0 Å². The summed E-state index contributed by atoms with van der Waals surface area (Å²) in [6.45, 7) is 3.16. The molecule has 7 heteroatoms. The Kier molecular flexibility index (Phi) is 3.81. The van der Waals surface area contributed by atoms with Crippen LogP contribution in [0.25, 0.3) is 0 Å². The number of carbonyl (C=O) groups is 1. The minimum absolute atomic E-state index is 0.0426. The summed E-state index contributed by atoms with van der Waals surface area (Å²) < 4.78 is 2.81. The van der Waals surface area contributed by atoms with Gasteiger partial charge in [-0.25, -0.2) is 4.98 Å². The third-order valence-corrected chi connectivity index (χ3v) is 3.06. The predicted octanol–water partition coefficient (Wildman–Crippen LogP) is 1.66. The quantitative estimate of drug-likeness (QED) is 0.933. The third kappa shape index (κ3) is 2.61. The Morgan fingerprint density at radius 1 is 1.61 bits per heavy atom. The number of aromatic amines is 1. The summed E-state index contributed by atoms with van der Waals surface area (Å²) in [6.07, 6.45) is 3.33. The van der Waals surface area contributed by atoms with Crippen LogP contribution in [0.2, 0.25) is 0 Å². The van der Waals surface area contributed by atoms with Crippen LogP contribution in [0.15, 0.2) is 23.1 Å². The molecule has 18 heavy (non-hydrogen) atoms. The van der Waals surface area contributed by atoms with E-state index in [1.54, 1.807) is 11.9 Å². The monoisotopic (exact) mass is 311 g/mol. The summed E-state index contributed by atoms with van der Waals surface area (Å²) in [5.41, 5.74) is 0.659. The lowest BCUT2D eigenvalue weighted by atomic mass is 10.3. The Bertz CT molecular complexity index is 534. The predicted molar refractivity (Wildman–Crippen MR) is 70.0 cm³/mol. The molecule has 1 N–H and O–H groups in total. The molecular formula is C11H14BrN5O. The topological polar surface area (TPSA) is 66.8 Å². The van der Waals surface area contributed by atoms with Crippen LogP contribution >= 0.6 is 15.9 Å². The van der Waals surface area contributed by atoms with Gasteiger partial charge in [-0.15, -0.1) is 0 Å². The van der Waals surface area contributed by atoms with Gasteiger partial charge in [-0.2, -0.15) is 5.10 Å². The van der Waals surface area contributed by atoms with Gasteiger partial charge in [0.1, 0.15) is 17.8 Å². The minimum Gasteiger partial charge on any atom is -0.343 e. The molecule has 0 saturated heterocycles. The van der Waals surface area contributed by atoms with Crippen molar-refractivity contribution >= 4 is 21.8 Å². The van der Waals surface area contributed by atoms with E-state index in [2.05, 4.69) is 31.1 Å². The van der Waals surface area contributed by atoms with Crippen molar-refractivity contribution in [3.05, 3.63) is 34.6 Å². The number of rotatable bonds is 4. The first-order valence-corrected chi connectivity index (χ1v) is 6.36. The largest absolute Gasteiger partial charge is 0.343 e. The van der Waals surface area contributed by atoms with Crippen LogP contribution in [0.5, 0.6) is 0 Å². The van der Waals surface area contributed by atoms with Crippen LogP contribution in [0.3, 0.4) is 0 Å². The highest BCUT2D eigenvalue weighted by atomic mass is 79.9. The zero-order valence-corrected chi connectivity index (χ0v) is 11.8. The maximum Gasteiger partial charge on any atom is 0.270 e. The normalized spacial score (nSPS) is 10.6. The SMILES string of the molecule is CCn1cc(Br)cc1C(=O)N(C)Cc1ncn[nH]1. The fourth-order valence-electron chi connectivity index (χ4n) is 1.71. The molecule has 0 aromatic carbocycles. The van der Waals surface area contributed by atoms with E-state index < -0.39 is 0 Å². The van der Waals surface area contributed by atoms with Gasteiger partial charge in [-0.05, 0) is 28.9 Å². The first-order chi connectivity index (χ1) is 8.61. The number of nitrogens with one attached hydrogen (secondary N) is 1. The van der Waals surface area contributed by atoms with Gasteiger partial charge >= 0.3 is 0 Å². The standard InChI is InChI=1S/C11H14BrN5O/c1-3-17-5-8(12)4-9(17)11(18)16(2)6-10-13-7-14-15-10/h4-5,7H,3,6H2,1-2H3,(H,13,14,15). The lowest BCUT2D eigenvalue weighted by Crippen LogP contribution is -2.28. The highest BCUT2D eigenvalue weighted by molar-refractivity contribution is 9.10. The number of H-pyrrole nitrogens is 1. The van der Waals surface area contributed by atoms with Gasteiger partial charge in [0.2, 0.25) is 0 Å². The maximum atomic E-state index is 12.3. The zero-order chi connectivity index (χ0) is 13.1. The molecular weight excluding hydrogens is 298 g/mol. The van der Waals surface area contributed by atoms with Gasteiger partial charge in [0.15, 0.2) is 0 Å². The number of hydrogen-bond acceptors (Lipinski definition) is 3. The molecule has 2 aromatic heterocycles. The van der Waals surface area contributed by atoms with Gasteiger partial charge in [0.05, 0.1) is 6.54 Å². The number of nitrogens with zero attached hydrogens (tertiary/aromatic N) is 4. The highest BCUT2D eigenvalue weighted by Crippen LogP contribution is 2.16. The minimum atomic E-state index is -0.0426. The Labute approximate surface area is 113 Å². The van der Waals surface area contributed by atoms with E-state index in [-0.39, 0.29) is 5.91 Å². The van der Waals surface area contributed by atoms with Crippen molar-refractivity contribution in [1.29, 1.82) is 0 Å². The van der Waals surface area contributed by atoms with Crippen molar-refractivity contribution in [1.82, 2.24) is 24.6 Å². The van der Waals surface area contributed by atoms with Gasteiger partial charge < -0.3 is 9.47 Å². The molecule has 0 aliphatic rings. The average molecular weight is 312 g/mol. The molecule has 0 aliphatic heterocycles. The van der Waals surface area contributed by atoms with Crippen LogP contribution in [-0.4, -0.2) is 37.6 Å². The van der Waals surface area contributed by atoms with E-state index in [0.717, 1.165) is 11.0 Å². The Morgan fingerprint density at radius 3 is 3.00 bits per heavy atom. The average Bonchev–Trinajstić information content (AvgIpc) is 2.97. The summed E-state index contributed by atoms with van der Waals surface area (Å²) in [7, 11) is 1.74. The summed E-state index contributed by atoms with van der Waals surface area (Å²) in [6, 6.07) is 1.82. The van der Waals surface area contributed by atoms with Crippen LogP contribution < -0.4 is 0 Å². The second kappa shape index (κ2) is 5.34. The Morgan fingerprint density at radius 2 is 2.39 bits per heavy atom. The highest BCUT2D eigenvalue weighted by Gasteiger charge is 2.17. The third-order valence-electron chi connectivity index (χ3n) is 2.62. The van der Waals surface area contributed by atoms with Crippen LogP contribution in [0.4, 0.5) is 0 Å². The molecule has 2 heterocycles. The van der Waals surface area contributed by atoms with Crippen molar-refractivity contribution in [2.75, 3.05) is 7.05 Å². The number of carbonyl (C=O) groups excluding carboxylic acids is 1. The molecule has 0 bridgehead atoms. The van der Waals surface area contributed by atoms with Gasteiger partial charge in [-0.1, -0.05) is 0 Å². The maximum absolute atomic E-state index is 12.3. The number of amides is 1. The fraction of sp³-hybridized carbons (Fsp3) is 0.364. The van der Waals surface area contributed by atoms with Crippen LogP contribution in [0, 0.1) is 0 Å². The van der Waals surface area contributed by atoms with E-state index in [1.807, 2.05) is 23.8 Å². The van der Waals surface area contributed by atoms with Gasteiger partial charge in [0.25, 0.3) is 5.91 Å². The zero-order valence-electron chi connectivity index (χ0n) is 10.2. The van der Waals surface area contributed by atoms with Crippen molar-refractivity contribution in [3.63, 3.8) is 0 Å². The Balaban J connectivity index is 2.15. The molecule has 1 amide bonds.